The van der Waals surface area contributed by atoms with Gasteiger partial charge in [0.2, 0.25) is 5.91 Å². The molecule has 2 saturated heterocycles. The van der Waals surface area contributed by atoms with E-state index in [4.69, 9.17) is 9.84 Å². The summed E-state index contributed by atoms with van der Waals surface area (Å²) in [5.41, 5.74) is -0.218. The third kappa shape index (κ3) is 3.15. The minimum absolute atomic E-state index is 0.132. The largest absolute Gasteiger partial charge is 0.465 e. The molecular formula is C15H24N2O4. The van der Waals surface area contributed by atoms with Crippen LogP contribution in [-0.2, 0) is 9.53 Å². The number of piperidine rings is 1. The smallest absolute Gasteiger partial charge is 0.407 e. The molecule has 1 saturated carbocycles. The third-order valence-corrected chi connectivity index (χ3v) is 5.16. The van der Waals surface area contributed by atoms with Gasteiger partial charge >= 0.3 is 6.09 Å². The number of rotatable bonds is 3. The van der Waals surface area contributed by atoms with E-state index < -0.39 is 6.09 Å². The Bertz CT molecular complexity index is 427. The van der Waals surface area contributed by atoms with Gasteiger partial charge in [-0.2, -0.15) is 0 Å². The predicted octanol–water partition coefficient (Wildman–Crippen LogP) is 1.89. The molecule has 0 aromatic rings. The van der Waals surface area contributed by atoms with Crippen LogP contribution in [0.4, 0.5) is 4.79 Å². The molecule has 1 N–H and O–H groups in total. The van der Waals surface area contributed by atoms with Gasteiger partial charge in [0.15, 0.2) is 0 Å². The molecule has 3 aliphatic rings. The monoisotopic (exact) mass is 296 g/mol. The second-order valence-electron chi connectivity index (χ2n) is 6.72. The summed E-state index contributed by atoms with van der Waals surface area (Å²) in [5, 5.41) is 9.00. The number of likely N-dealkylation sites (tertiary alicyclic amines) is 1. The lowest BCUT2D eigenvalue weighted by molar-refractivity contribution is -0.153. The number of hydrogen-bond acceptors (Lipinski definition) is 3. The van der Waals surface area contributed by atoms with E-state index in [2.05, 4.69) is 0 Å². The summed E-state index contributed by atoms with van der Waals surface area (Å²) in [6.07, 6.45) is 5.28. The van der Waals surface area contributed by atoms with Gasteiger partial charge < -0.3 is 19.6 Å². The van der Waals surface area contributed by atoms with E-state index in [9.17, 15) is 9.59 Å². The summed E-state index contributed by atoms with van der Waals surface area (Å²) < 4.78 is 6.19. The molecule has 1 aliphatic carbocycles. The number of nitrogens with zero attached hydrogens (tertiary/aromatic N) is 2. The van der Waals surface area contributed by atoms with Crippen molar-refractivity contribution in [1.29, 1.82) is 0 Å². The normalized spacial score (nSPS) is 27.9. The van der Waals surface area contributed by atoms with Gasteiger partial charge in [-0.15, -0.1) is 0 Å². The molecule has 0 aromatic carbocycles. The molecule has 0 radical (unpaired) electrons. The van der Waals surface area contributed by atoms with E-state index in [0.29, 0.717) is 25.4 Å². The van der Waals surface area contributed by atoms with Crippen LogP contribution in [0, 0.1) is 5.92 Å². The summed E-state index contributed by atoms with van der Waals surface area (Å²) in [5.74, 6) is 0.775. The summed E-state index contributed by atoms with van der Waals surface area (Å²) in [4.78, 5) is 26.3. The van der Waals surface area contributed by atoms with E-state index >= 15 is 0 Å². The quantitative estimate of drug-likeness (QED) is 0.863. The standard InChI is InChI=1S/C15H24N2O4/c1-16(12(18)10-11-2-3-11)13-4-5-15(21-13)6-8-17(9-7-15)14(19)20/h11,13H,2-10H2,1H3,(H,19,20). The molecule has 21 heavy (non-hydrogen) atoms. The maximum Gasteiger partial charge on any atom is 0.407 e. The minimum Gasteiger partial charge on any atom is -0.465 e. The number of carbonyl (C=O) groups is 2. The molecule has 0 bridgehead atoms. The maximum absolute atomic E-state index is 12.2. The van der Waals surface area contributed by atoms with Crippen LogP contribution in [0.3, 0.4) is 0 Å². The van der Waals surface area contributed by atoms with Crippen LogP contribution in [0.1, 0.15) is 44.9 Å². The van der Waals surface area contributed by atoms with Crippen molar-refractivity contribution in [2.75, 3.05) is 20.1 Å². The first-order valence-electron chi connectivity index (χ1n) is 7.90. The van der Waals surface area contributed by atoms with Crippen molar-refractivity contribution in [2.45, 2.75) is 56.8 Å². The van der Waals surface area contributed by atoms with Crippen LogP contribution >= 0.6 is 0 Å². The number of carbonyl (C=O) groups excluding carboxylic acids is 1. The van der Waals surface area contributed by atoms with Crippen LogP contribution in [0.5, 0.6) is 0 Å². The van der Waals surface area contributed by atoms with Gasteiger partial charge in [0.1, 0.15) is 6.23 Å². The fraction of sp³-hybridized carbons (Fsp3) is 0.867. The Hall–Kier alpha value is -1.30. The van der Waals surface area contributed by atoms with E-state index in [1.54, 1.807) is 4.90 Å². The Morgan fingerprint density at radius 1 is 1.24 bits per heavy atom. The zero-order valence-electron chi connectivity index (χ0n) is 12.6. The molecule has 2 aliphatic heterocycles. The minimum atomic E-state index is -0.851. The third-order valence-electron chi connectivity index (χ3n) is 5.16. The highest BCUT2D eigenvalue weighted by atomic mass is 16.5. The Kier molecular flexibility index (Phi) is 3.82. The van der Waals surface area contributed by atoms with E-state index in [1.807, 2.05) is 7.05 Å². The van der Waals surface area contributed by atoms with Crippen molar-refractivity contribution in [3.05, 3.63) is 0 Å². The van der Waals surface area contributed by atoms with E-state index in [-0.39, 0.29) is 17.7 Å². The molecule has 118 valence electrons. The van der Waals surface area contributed by atoms with Crippen molar-refractivity contribution in [3.8, 4) is 0 Å². The number of ether oxygens (including phenoxy) is 1. The second kappa shape index (κ2) is 5.48. The van der Waals surface area contributed by atoms with Crippen molar-refractivity contribution in [3.63, 3.8) is 0 Å². The average Bonchev–Trinajstić information content (AvgIpc) is 3.18. The first kappa shape index (κ1) is 14.6. The molecule has 1 atom stereocenters. The van der Waals surface area contributed by atoms with Crippen molar-refractivity contribution >= 4 is 12.0 Å². The van der Waals surface area contributed by atoms with Gasteiger partial charge in [0, 0.05) is 26.6 Å². The van der Waals surface area contributed by atoms with Gasteiger partial charge in [0.25, 0.3) is 0 Å². The molecule has 6 nitrogen and oxygen atoms in total. The Labute approximate surface area is 125 Å². The fourth-order valence-corrected chi connectivity index (χ4v) is 3.41. The molecular weight excluding hydrogens is 272 g/mol. The predicted molar refractivity (Wildman–Crippen MR) is 75.8 cm³/mol. The summed E-state index contributed by atoms with van der Waals surface area (Å²) in [6.45, 7) is 1.06. The van der Waals surface area contributed by atoms with Crippen LogP contribution in [0.2, 0.25) is 0 Å². The number of amides is 2. The first-order chi connectivity index (χ1) is 9.99. The van der Waals surface area contributed by atoms with Gasteiger partial charge in [0.05, 0.1) is 5.60 Å². The summed E-state index contributed by atoms with van der Waals surface area (Å²) in [6, 6.07) is 0. The highest BCUT2D eigenvalue weighted by molar-refractivity contribution is 5.76. The first-order valence-corrected chi connectivity index (χ1v) is 7.90. The molecule has 2 heterocycles. The number of hydrogen-bond donors (Lipinski definition) is 1. The zero-order valence-corrected chi connectivity index (χ0v) is 12.6. The molecule has 1 spiro atoms. The second-order valence-corrected chi connectivity index (χ2v) is 6.72. The van der Waals surface area contributed by atoms with Gasteiger partial charge in [-0.3, -0.25) is 4.79 Å². The van der Waals surface area contributed by atoms with Gasteiger partial charge in [-0.25, -0.2) is 4.79 Å². The summed E-state index contributed by atoms with van der Waals surface area (Å²) in [7, 11) is 1.83. The lowest BCUT2D eigenvalue weighted by atomic mass is 9.89. The molecule has 1 unspecified atom stereocenters. The molecule has 2 amide bonds. The lowest BCUT2D eigenvalue weighted by Crippen LogP contribution is -2.47. The fourth-order valence-electron chi connectivity index (χ4n) is 3.41. The summed E-state index contributed by atoms with van der Waals surface area (Å²) >= 11 is 0. The maximum atomic E-state index is 12.2. The Morgan fingerprint density at radius 2 is 1.90 bits per heavy atom. The topological polar surface area (TPSA) is 70.1 Å². The van der Waals surface area contributed by atoms with Crippen LogP contribution in [0.15, 0.2) is 0 Å². The average molecular weight is 296 g/mol. The van der Waals surface area contributed by atoms with Crippen molar-refractivity contribution in [1.82, 2.24) is 9.80 Å². The van der Waals surface area contributed by atoms with E-state index in [0.717, 1.165) is 25.7 Å². The van der Waals surface area contributed by atoms with Crippen LogP contribution < -0.4 is 0 Å². The van der Waals surface area contributed by atoms with Crippen LogP contribution in [0.25, 0.3) is 0 Å². The van der Waals surface area contributed by atoms with Crippen molar-refractivity contribution in [2.24, 2.45) is 5.92 Å². The zero-order chi connectivity index (χ0) is 15.0. The highest BCUT2D eigenvalue weighted by Gasteiger charge is 2.45. The van der Waals surface area contributed by atoms with Gasteiger partial charge in [-0.05, 0) is 44.4 Å². The Morgan fingerprint density at radius 3 is 2.48 bits per heavy atom. The van der Waals surface area contributed by atoms with Crippen molar-refractivity contribution < 1.29 is 19.4 Å². The molecule has 3 rings (SSSR count). The van der Waals surface area contributed by atoms with Gasteiger partial charge in [-0.1, -0.05) is 0 Å². The van der Waals surface area contributed by atoms with E-state index in [1.165, 1.54) is 17.7 Å². The molecule has 6 heteroatoms. The molecule has 3 fully saturated rings. The Balaban J connectivity index is 1.52. The lowest BCUT2D eigenvalue weighted by Gasteiger charge is -2.38. The SMILES string of the molecule is CN(C(=O)CC1CC1)C1CCC2(CCN(C(=O)O)CC2)O1. The van der Waals surface area contributed by atoms with Crippen LogP contribution in [-0.4, -0.2) is 58.9 Å². The molecule has 0 aromatic heterocycles. The highest BCUT2D eigenvalue weighted by Crippen LogP contribution is 2.40. The number of carboxylic acid groups (broad SMARTS) is 1.